The highest BCUT2D eigenvalue weighted by Gasteiger charge is 2.32. The number of allylic oxidation sites excluding steroid dienone is 1. The van der Waals surface area contributed by atoms with Gasteiger partial charge in [0.2, 0.25) is 5.90 Å². The van der Waals surface area contributed by atoms with E-state index in [4.69, 9.17) is 15.6 Å². The van der Waals surface area contributed by atoms with Crippen LogP contribution in [0.25, 0.3) is 5.57 Å². The molecule has 0 amide bonds. The summed E-state index contributed by atoms with van der Waals surface area (Å²) in [5.41, 5.74) is 2.31. The summed E-state index contributed by atoms with van der Waals surface area (Å²) in [4.78, 5) is 8.39. The second-order valence-electron chi connectivity index (χ2n) is 4.87. The number of ether oxygens (including phenoxy) is 1. The maximum atomic E-state index is 7.94. The normalized spacial score (nSPS) is 19.8. The first-order chi connectivity index (χ1) is 9.08. The summed E-state index contributed by atoms with van der Waals surface area (Å²) in [5, 5.41) is 18.9. The van der Waals surface area contributed by atoms with Gasteiger partial charge in [-0.15, -0.1) is 0 Å². The van der Waals surface area contributed by atoms with E-state index in [0.29, 0.717) is 40.2 Å². The van der Waals surface area contributed by atoms with Gasteiger partial charge in [-0.1, -0.05) is 0 Å². The molecule has 0 aromatic carbocycles. The predicted molar refractivity (Wildman–Crippen MR) is 73.0 cm³/mol. The molecule has 3 rings (SSSR count). The lowest BCUT2D eigenvalue weighted by Gasteiger charge is -2.06. The molecule has 1 aromatic rings. The van der Waals surface area contributed by atoms with Gasteiger partial charge >= 0.3 is 0 Å². The topological polar surface area (TPSA) is 94.7 Å². The Morgan fingerprint density at radius 3 is 2.74 bits per heavy atom. The van der Waals surface area contributed by atoms with E-state index < -0.39 is 0 Å². The molecule has 6 heteroatoms. The van der Waals surface area contributed by atoms with Gasteiger partial charge in [-0.2, -0.15) is 0 Å². The van der Waals surface area contributed by atoms with Crippen LogP contribution in [0.5, 0.6) is 5.75 Å². The highest BCUT2D eigenvalue weighted by atomic mass is 16.5. The molecule has 1 aliphatic carbocycles. The summed E-state index contributed by atoms with van der Waals surface area (Å²) in [7, 11) is 0. The number of hydrogen-bond acceptors (Lipinski definition) is 6. The number of rotatable bonds is 3. The SMILES string of the molecule is CC(=N)/C(C)=C1\C(=N)Oc2c(NC3CC3)ncnc21. The molecule has 19 heavy (non-hydrogen) atoms. The van der Waals surface area contributed by atoms with Crippen molar-refractivity contribution in [3.63, 3.8) is 0 Å². The van der Waals surface area contributed by atoms with E-state index in [-0.39, 0.29) is 5.90 Å². The van der Waals surface area contributed by atoms with Gasteiger partial charge < -0.3 is 15.5 Å². The highest BCUT2D eigenvalue weighted by molar-refractivity contribution is 6.28. The Morgan fingerprint density at radius 1 is 1.37 bits per heavy atom. The van der Waals surface area contributed by atoms with Crippen LogP contribution in [-0.4, -0.2) is 27.6 Å². The predicted octanol–water partition coefficient (Wildman–Crippen LogP) is 2.23. The lowest BCUT2D eigenvalue weighted by atomic mass is 10.0. The number of nitrogens with one attached hydrogen (secondary N) is 3. The van der Waals surface area contributed by atoms with Crippen molar-refractivity contribution in [1.82, 2.24) is 9.97 Å². The van der Waals surface area contributed by atoms with Crippen LogP contribution in [0.15, 0.2) is 11.9 Å². The largest absolute Gasteiger partial charge is 0.433 e. The van der Waals surface area contributed by atoms with Crippen molar-refractivity contribution in [2.75, 3.05) is 5.32 Å². The van der Waals surface area contributed by atoms with Crippen molar-refractivity contribution in [3.8, 4) is 5.75 Å². The first-order valence-electron chi connectivity index (χ1n) is 6.23. The first kappa shape index (κ1) is 11.8. The molecule has 0 bridgehead atoms. The molecule has 2 heterocycles. The number of nitrogens with zero attached hydrogens (tertiary/aromatic N) is 2. The molecular weight excluding hydrogens is 242 g/mol. The molecule has 0 atom stereocenters. The average Bonchev–Trinajstić information content (AvgIpc) is 3.10. The van der Waals surface area contributed by atoms with Crippen LogP contribution in [0.3, 0.4) is 0 Å². The Bertz CT molecular complexity index is 615. The number of hydrogen-bond donors (Lipinski definition) is 3. The molecule has 0 spiro atoms. The second kappa shape index (κ2) is 4.15. The Balaban J connectivity index is 2.09. The zero-order valence-electron chi connectivity index (χ0n) is 10.9. The van der Waals surface area contributed by atoms with E-state index in [2.05, 4.69) is 15.3 Å². The minimum atomic E-state index is 0.0402. The summed E-state index contributed by atoms with van der Waals surface area (Å²) in [6.45, 7) is 3.50. The van der Waals surface area contributed by atoms with Crippen molar-refractivity contribution in [2.45, 2.75) is 32.7 Å². The van der Waals surface area contributed by atoms with Gasteiger partial charge in [-0.25, -0.2) is 9.97 Å². The van der Waals surface area contributed by atoms with Crippen LogP contribution < -0.4 is 10.1 Å². The summed E-state index contributed by atoms with van der Waals surface area (Å²) in [6, 6.07) is 0.454. The second-order valence-corrected chi connectivity index (χ2v) is 4.87. The van der Waals surface area contributed by atoms with Crippen LogP contribution >= 0.6 is 0 Å². The van der Waals surface area contributed by atoms with Crippen molar-refractivity contribution in [1.29, 1.82) is 10.8 Å². The van der Waals surface area contributed by atoms with E-state index >= 15 is 0 Å². The van der Waals surface area contributed by atoms with Gasteiger partial charge in [0.05, 0.1) is 5.57 Å². The number of anilines is 1. The van der Waals surface area contributed by atoms with Gasteiger partial charge in [0.25, 0.3) is 0 Å². The van der Waals surface area contributed by atoms with Gasteiger partial charge in [-0.3, -0.25) is 5.41 Å². The number of aromatic nitrogens is 2. The minimum absolute atomic E-state index is 0.0402. The zero-order chi connectivity index (χ0) is 13.6. The molecule has 2 aliphatic rings. The molecule has 0 unspecified atom stereocenters. The zero-order valence-corrected chi connectivity index (χ0v) is 10.9. The average molecular weight is 257 g/mol. The highest BCUT2D eigenvalue weighted by Crippen LogP contribution is 2.40. The summed E-state index contributed by atoms with van der Waals surface area (Å²) >= 11 is 0. The molecule has 98 valence electrons. The van der Waals surface area contributed by atoms with E-state index in [1.165, 1.54) is 6.33 Å². The third-order valence-electron chi connectivity index (χ3n) is 3.33. The molecule has 0 saturated heterocycles. The first-order valence-corrected chi connectivity index (χ1v) is 6.23. The molecule has 1 fully saturated rings. The van der Waals surface area contributed by atoms with Crippen LogP contribution in [0.1, 0.15) is 32.4 Å². The van der Waals surface area contributed by atoms with E-state index in [1.54, 1.807) is 13.8 Å². The van der Waals surface area contributed by atoms with E-state index in [0.717, 1.165) is 12.8 Å². The maximum absolute atomic E-state index is 7.94. The van der Waals surface area contributed by atoms with Crippen LogP contribution in [0.4, 0.5) is 5.82 Å². The fraction of sp³-hybridized carbons (Fsp3) is 0.385. The molecule has 1 saturated carbocycles. The summed E-state index contributed by atoms with van der Waals surface area (Å²) < 4.78 is 5.49. The van der Waals surface area contributed by atoms with Crippen molar-refractivity contribution in [2.24, 2.45) is 0 Å². The van der Waals surface area contributed by atoms with Crippen LogP contribution in [0.2, 0.25) is 0 Å². The monoisotopic (exact) mass is 257 g/mol. The van der Waals surface area contributed by atoms with Crippen LogP contribution in [-0.2, 0) is 0 Å². The molecule has 6 nitrogen and oxygen atoms in total. The van der Waals surface area contributed by atoms with Crippen molar-refractivity contribution < 1.29 is 4.74 Å². The van der Waals surface area contributed by atoms with Crippen molar-refractivity contribution in [3.05, 3.63) is 17.6 Å². The fourth-order valence-corrected chi connectivity index (χ4v) is 1.97. The van der Waals surface area contributed by atoms with Gasteiger partial charge in [0.15, 0.2) is 11.6 Å². The Morgan fingerprint density at radius 2 is 2.11 bits per heavy atom. The van der Waals surface area contributed by atoms with Gasteiger partial charge in [0, 0.05) is 11.8 Å². The molecule has 3 N–H and O–H groups in total. The third-order valence-corrected chi connectivity index (χ3v) is 3.33. The lowest BCUT2D eigenvalue weighted by Crippen LogP contribution is -2.06. The Kier molecular flexibility index (Phi) is 2.58. The Labute approximate surface area is 110 Å². The maximum Gasteiger partial charge on any atom is 0.222 e. The van der Waals surface area contributed by atoms with E-state index in [1.807, 2.05) is 0 Å². The molecule has 1 aliphatic heterocycles. The summed E-state index contributed by atoms with van der Waals surface area (Å²) in [5.74, 6) is 1.19. The Hall–Kier alpha value is -2.24. The lowest BCUT2D eigenvalue weighted by molar-refractivity contribution is 0.562. The van der Waals surface area contributed by atoms with Gasteiger partial charge in [-0.05, 0) is 32.3 Å². The third kappa shape index (κ3) is 1.99. The molecule has 1 aromatic heterocycles. The minimum Gasteiger partial charge on any atom is -0.433 e. The molecule has 0 radical (unpaired) electrons. The fourth-order valence-electron chi connectivity index (χ4n) is 1.97. The quantitative estimate of drug-likeness (QED) is 0.724. The summed E-state index contributed by atoms with van der Waals surface area (Å²) in [6.07, 6.45) is 3.74. The smallest absolute Gasteiger partial charge is 0.222 e. The standard InChI is InChI=1S/C13H15N5O/c1-6(7(2)14)9-10-11(19-12(9)15)13(17-5-16-10)18-8-3-4-8/h5,8,14-15H,3-4H2,1-2H3,(H,16,17,18)/b9-6-,14-7?,15-12?. The number of fused-ring (bicyclic) bond motifs is 1. The van der Waals surface area contributed by atoms with E-state index in [9.17, 15) is 0 Å². The van der Waals surface area contributed by atoms with Gasteiger partial charge in [0.1, 0.15) is 12.0 Å². The van der Waals surface area contributed by atoms with Crippen molar-refractivity contribution >= 4 is 23.0 Å². The van der Waals surface area contributed by atoms with Crippen LogP contribution in [0, 0.1) is 10.8 Å². The molecular formula is C13H15N5O.